The van der Waals surface area contributed by atoms with Crippen LogP contribution >= 0.6 is 12.2 Å². The second-order valence-corrected chi connectivity index (χ2v) is 8.68. The molecule has 200 valence electrons. The Hall–Kier alpha value is -4.71. The fraction of sp³-hybridized carbons (Fsp3) is 0.148. The number of hydrogen-bond donors (Lipinski definition) is 2. The first-order valence-electron chi connectivity index (χ1n) is 11.7. The Morgan fingerprint density at radius 2 is 1.64 bits per heavy atom. The standard InChI is InChI=1S/C27H22F2N4O5S/c1-2-38-26(37)16-6-12-21(13-7-16)32-25(36)22(15-23(34)30-20-10-8-18(28)9-11-20)33(27(32)39)31-24(35)17-4-3-5-19(29)14-17/h3-14,22H,2,15H2,1H3,(H,30,34)(H,31,35)/t22-/m0/s1. The number of anilines is 2. The van der Waals surface area contributed by atoms with Gasteiger partial charge in [-0.25, -0.2) is 18.6 Å². The van der Waals surface area contributed by atoms with Crippen molar-refractivity contribution in [3.8, 4) is 0 Å². The fourth-order valence-corrected chi connectivity index (χ4v) is 4.19. The van der Waals surface area contributed by atoms with E-state index in [1.165, 1.54) is 66.7 Å². The second-order valence-electron chi connectivity index (χ2n) is 8.32. The smallest absolute Gasteiger partial charge is 0.338 e. The summed E-state index contributed by atoms with van der Waals surface area (Å²) in [5, 5.41) is 3.49. The number of amides is 3. The molecule has 0 unspecified atom stereocenters. The lowest BCUT2D eigenvalue weighted by molar-refractivity contribution is -0.124. The van der Waals surface area contributed by atoms with Crippen molar-refractivity contribution in [1.82, 2.24) is 10.4 Å². The summed E-state index contributed by atoms with van der Waals surface area (Å²) >= 11 is 5.49. The number of esters is 1. The van der Waals surface area contributed by atoms with Crippen molar-refractivity contribution < 1.29 is 32.7 Å². The molecule has 3 amide bonds. The first-order valence-corrected chi connectivity index (χ1v) is 12.1. The van der Waals surface area contributed by atoms with Gasteiger partial charge in [0.15, 0.2) is 0 Å². The number of hydrogen-bond acceptors (Lipinski definition) is 6. The number of nitrogens with one attached hydrogen (secondary N) is 2. The van der Waals surface area contributed by atoms with Gasteiger partial charge in [0, 0.05) is 11.3 Å². The van der Waals surface area contributed by atoms with E-state index in [0.717, 1.165) is 16.0 Å². The van der Waals surface area contributed by atoms with Crippen molar-refractivity contribution in [2.24, 2.45) is 0 Å². The molecule has 1 aliphatic heterocycles. The Balaban J connectivity index is 1.60. The molecule has 9 nitrogen and oxygen atoms in total. The maximum Gasteiger partial charge on any atom is 0.338 e. The van der Waals surface area contributed by atoms with Gasteiger partial charge < -0.3 is 10.1 Å². The van der Waals surface area contributed by atoms with Crippen LogP contribution in [0, 0.1) is 11.6 Å². The summed E-state index contributed by atoms with van der Waals surface area (Å²) in [7, 11) is 0. The van der Waals surface area contributed by atoms with Gasteiger partial charge in [0.05, 0.1) is 24.3 Å². The van der Waals surface area contributed by atoms with Gasteiger partial charge in [-0.15, -0.1) is 0 Å². The van der Waals surface area contributed by atoms with Crippen molar-refractivity contribution in [3.05, 3.63) is 95.6 Å². The third-order valence-electron chi connectivity index (χ3n) is 5.67. The lowest BCUT2D eigenvalue weighted by atomic mass is 10.1. The first kappa shape index (κ1) is 27.3. The molecule has 1 aliphatic rings. The predicted molar refractivity (Wildman–Crippen MR) is 142 cm³/mol. The average Bonchev–Trinajstić information content (AvgIpc) is 3.14. The molecule has 1 heterocycles. The Labute approximate surface area is 227 Å². The van der Waals surface area contributed by atoms with E-state index in [1.807, 2.05) is 0 Å². The van der Waals surface area contributed by atoms with E-state index in [1.54, 1.807) is 6.92 Å². The van der Waals surface area contributed by atoms with Gasteiger partial charge >= 0.3 is 5.97 Å². The number of rotatable bonds is 8. The Morgan fingerprint density at radius 3 is 2.28 bits per heavy atom. The Morgan fingerprint density at radius 1 is 0.949 bits per heavy atom. The normalized spacial score (nSPS) is 14.8. The number of ether oxygens (including phenoxy) is 1. The third-order valence-corrected chi connectivity index (χ3v) is 6.05. The number of hydrazine groups is 1. The van der Waals surface area contributed by atoms with Crippen LogP contribution in [0.5, 0.6) is 0 Å². The number of carbonyl (C=O) groups excluding carboxylic acids is 4. The van der Waals surface area contributed by atoms with Crippen molar-refractivity contribution in [3.63, 3.8) is 0 Å². The van der Waals surface area contributed by atoms with E-state index in [4.69, 9.17) is 17.0 Å². The largest absolute Gasteiger partial charge is 0.462 e. The highest BCUT2D eigenvalue weighted by Gasteiger charge is 2.45. The third kappa shape index (κ3) is 6.24. The number of halogens is 2. The van der Waals surface area contributed by atoms with Crippen LogP contribution in [0.15, 0.2) is 72.8 Å². The summed E-state index contributed by atoms with van der Waals surface area (Å²) in [4.78, 5) is 52.3. The highest BCUT2D eigenvalue weighted by molar-refractivity contribution is 7.80. The molecular weight excluding hydrogens is 530 g/mol. The van der Waals surface area contributed by atoms with E-state index in [9.17, 15) is 28.0 Å². The van der Waals surface area contributed by atoms with Gasteiger partial charge in [-0.1, -0.05) is 6.07 Å². The monoisotopic (exact) mass is 552 g/mol. The molecular formula is C27H22F2N4O5S. The lowest BCUT2D eigenvalue weighted by Crippen LogP contribution is -2.49. The molecule has 0 aromatic heterocycles. The van der Waals surface area contributed by atoms with Crippen molar-refractivity contribution in [1.29, 1.82) is 0 Å². The fourth-order valence-electron chi connectivity index (χ4n) is 3.82. The van der Waals surface area contributed by atoms with Crippen LogP contribution in [0.4, 0.5) is 20.2 Å². The van der Waals surface area contributed by atoms with Crippen LogP contribution in [-0.2, 0) is 14.3 Å². The summed E-state index contributed by atoms with van der Waals surface area (Å²) in [6, 6.07) is 14.5. The van der Waals surface area contributed by atoms with E-state index in [2.05, 4.69) is 10.7 Å². The van der Waals surface area contributed by atoms with E-state index >= 15 is 0 Å². The molecule has 12 heteroatoms. The number of nitrogens with zero attached hydrogens (tertiary/aromatic N) is 2. The molecule has 2 N–H and O–H groups in total. The van der Waals surface area contributed by atoms with Crippen LogP contribution in [0.1, 0.15) is 34.1 Å². The van der Waals surface area contributed by atoms with Crippen molar-refractivity contribution in [2.75, 3.05) is 16.8 Å². The lowest BCUT2D eigenvalue weighted by Gasteiger charge is -2.24. The minimum atomic E-state index is -1.26. The summed E-state index contributed by atoms with van der Waals surface area (Å²) in [5.41, 5.74) is 3.30. The summed E-state index contributed by atoms with van der Waals surface area (Å²) in [6.45, 7) is 1.86. The van der Waals surface area contributed by atoms with Crippen LogP contribution in [-0.4, -0.2) is 46.5 Å². The zero-order valence-corrected chi connectivity index (χ0v) is 21.3. The summed E-state index contributed by atoms with van der Waals surface area (Å²) in [6.07, 6.45) is -0.433. The maximum absolute atomic E-state index is 13.7. The SMILES string of the molecule is CCOC(=O)c1ccc(N2C(=O)[C@H](CC(=O)Nc3ccc(F)cc3)N(NC(=O)c3cccc(F)c3)C2=S)cc1. The molecule has 0 bridgehead atoms. The number of benzene rings is 3. The van der Waals surface area contributed by atoms with Crippen LogP contribution in [0.25, 0.3) is 0 Å². The quantitative estimate of drug-likeness (QED) is 0.323. The van der Waals surface area contributed by atoms with Gasteiger partial charge in [0.25, 0.3) is 11.8 Å². The van der Waals surface area contributed by atoms with Gasteiger partial charge in [-0.2, -0.15) is 0 Å². The summed E-state index contributed by atoms with van der Waals surface area (Å²) < 4.78 is 31.9. The highest BCUT2D eigenvalue weighted by atomic mass is 32.1. The molecule has 1 atom stereocenters. The van der Waals surface area contributed by atoms with Gasteiger partial charge in [0.1, 0.15) is 17.7 Å². The van der Waals surface area contributed by atoms with Crippen molar-refractivity contribution in [2.45, 2.75) is 19.4 Å². The molecule has 0 spiro atoms. The molecule has 0 aliphatic carbocycles. The van der Waals surface area contributed by atoms with Gasteiger partial charge in [-0.3, -0.25) is 24.7 Å². The molecule has 39 heavy (non-hydrogen) atoms. The molecule has 0 saturated carbocycles. The zero-order valence-electron chi connectivity index (χ0n) is 20.5. The van der Waals surface area contributed by atoms with E-state index in [0.29, 0.717) is 5.69 Å². The number of thiocarbonyl (C=S) groups is 1. The Kier molecular flexibility index (Phi) is 8.25. The average molecular weight is 553 g/mol. The predicted octanol–water partition coefficient (Wildman–Crippen LogP) is 3.82. The van der Waals surface area contributed by atoms with Crippen LogP contribution in [0.3, 0.4) is 0 Å². The molecule has 0 radical (unpaired) electrons. The zero-order chi connectivity index (χ0) is 28.1. The first-order chi connectivity index (χ1) is 18.7. The van der Waals surface area contributed by atoms with Gasteiger partial charge in [-0.05, 0) is 85.9 Å². The number of carbonyl (C=O) groups is 4. The molecule has 3 aromatic rings. The summed E-state index contributed by atoms with van der Waals surface area (Å²) in [5.74, 6) is -3.65. The molecule has 3 aromatic carbocycles. The van der Waals surface area contributed by atoms with Crippen LogP contribution in [0.2, 0.25) is 0 Å². The van der Waals surface area contributed by atoms with Gasteiger partial charge in [0.2, 0.25) is 11.0 Å². The van der Waals surface area contributed by atoms with E-state index in [-0.39, 0.29) is 28.5 Å². The minimum Gasteiger partial charge on any atom is -0.462 e. The van der Waals surface area contributed by atoms with Crippen molar-refractivity contribution >= 4 is 52.4 Å². The molecule has 1 fully saturated rings. The minimum absolute atomic E-state index is 0.0306. The maximum atomic E-state index is 13.7. The molecule has 1 saturated heterocycles. The van der Waals surface area contributed by atoms with Crippen LogP contribution < -0.4 is 15.6 Å². The topological polar surface area (TPSA) is 108 Å². The second kappa shape index (κ2) is 11.8. The Bertz CT molecular complexity index is 1430. The highest BCUT2D eigenvalue weighted by Crippen LogP contribution is 2.27. The van der Waals surface area contributed by atoms with E-state index < -0.39 is 47.8 Å². The molecule has 4 rings (SSSR count).